The molecule has 1 heterocycles. The maximum atomic E-state index is 13.7. The summed E-state index contributed by atoms with van der Waals surface area (Å²) in [5.41, 5.74) is 3.15. The second-order valence-corrected chi connectivity index (χ2v) is 6.07. The van der Waals surface area contributed by atoms with Gasteiger partial charge >= 0.3 is 0 Å². The molecule has 1 atom stereocenters. The summed E-state index contributed by atoms with van der Waals surface area (Å²) < 4.78 is 13.7. The van der Waals surface area contributed by atoms with Gasteiger partial charge in [-0.25, -0.2) is 9.38 Å². The number of fused-ring (bicyclic) bond motifs is 2. The minimum Gasteiger partial charge on any atom is -0.325 e. The lowest BCUT2D eigenvalue weighted by Crippen LogP contribution is -2.35. The second-order valence-electron chi connectivity index (χ2n) is 6.07. The normalized spacial score (nSPS) is 23.7. The molecule has 0 spiro atoms. The van der Waals surface area contributed by atoms with Crippen molar-refractivity contribution >= 4 is 17.5 Å². The zero-order chi connectivity index (χ0) is 16.7. The van der Waals surface area contributed by atoms with Gasteiger partial charge in [-0.15, -0.1) is 0 Å². The van der Waals surface area contributed by atoms with Crippen LogP contribution in [0.3, 0.4) is 0 Å². The first-order valence-electron chi connectivity index (χ1n) is 7.94. The van der Waals surface area contributed by atoms with Gasteiger partial charge in [0.05, 0.1) is 11.3 Å². The molecule has 0 fully saturated rings. The average Bonchev–Trinajstić information content (AvgIpc) is 3.05. The molecule has 5 heteroatoms. The summed E-state index contributed by atoms with van der Waals surface area (Å²) in [6.45, 7) is 0. The Labute approximate surface area is 138 Å². The van der Waals surface area contributed by atoms with Crippen LogP contribution in [0, 0.1) is 11.7 Å². The zero-order valence-electron chi connectivity index (χ0n) is 12.9. The summed E-state index contributed by atoms with van der Waals surface area (Å²) in [6.07, 6.45) is 8.16. The number of hydrogen-bond acceptors (Lipinski definition) is 2. The molecular formula is C19H15FN2O2. The van der Waals surface area contributed by atoms with Gasteiger partial charge in [0.1, 0.15) is 5.82 Å². The Morgan fingerprint density at radius 1 is 1.25 bits per heavy atom. The van der Waals surface area contributed by atoms with E-state index in [1.165, 1.54) is 23.8 Å². The van der Waals surface area contributed by atoms with Crippen LogP contribution >= 0.6 is 0 Å². The van der Waals surface area contributed by atoms with Crippen molar-refractivity contribution in [3.05, 3.63) is 70.7 Å². The van der Waals surface area contributed by atoms with E-state index >= 15 is 0 Å². The zero-order valence-corrected chi connectivity index (χ0v) is 12.9. The fourth-order valence-electron chi connectivity index (χ4n) is 3.47. The summed E-state index contributed by atoms with van der Waals surface area (Å²) in [7, 11) is 0. The number of carbonyl (C=O) groups is 2. The first-order chi connectivity index (χ1) is 11.6. The smallest absolute Gasteiger partial charge is 0.280 e. The molecule has 4 nitrogen and oxygen atoms in total. The maximum Gasteiger partial charge on any atom is 0.280 e. The van der Waals surface area contributed by atoms with Gasteiger partial charge in [-0.05, 0) is 49.1 Å². The van der Waals surface area contributed by atoms with Crippen LogP contribution in [0.5, 0.6) is 0 Å². The molecule has 1 aromatic rings. The predicted octanol–water partition coefficient (Wildman–Crippen LogP) is 3.09. The number of benzene rings is 1. The molecule has 0 bridgehead atoms. The highest BCUT2D eigenvalue weighted by molar-refractivity contribution is 6.14. The van der Waals surface area contributed by atoms with Crippen LogP contribution in [0.2, 0.25) is 0 Å². The van der Waals surface area contributed by atoms with Crippen molar-refractivity contribution in [3.8, 4) is 0 Å². The summed E-state index contributed by atoms with van der Waals surface area (Å²) in [5, 5.41) is 2.89. The van der Waals surface area contributed by atoms with Gasteiger partial charge in [-0.2, -0.15) is 0 Å². The van der Waals surface area contributed by atoms with E-state index in [-0.39, 0.29) is 17.4 Å². The van der Waals surface area contributed by atoms with Crippen LogP contribution in [0.15, 0.2) is 64.3 Å². The molecule has 0 saturated carbocycles. The molecule has 0 saturated heterocycles. The van der Waals surface area contributed by atoms with Crippen molar-refractivity contribution in [2.75, 3.05) is 0 Å². The third-order valence-corrected chi connectivity index (χ3v) is 4.60. The van der Waals surface area contributed by atoms with E-state index in [9.17, 15) is 14.0 Å². The van der Waals surface area contributed by atoms with Crippen molar-refractivity contribution < 1.29 is 14.0 Å². The van der Waals surface area contributed by atoms with Crippen LogP contribution in [-0.4, -0.2) is 17.5 Å². The quantitative estimate of drug-likeness (QED) is 0.864. The van der Waals surface area contributed by atoms with Gasteiger partial charge in [0.2, 0.25) is 0 Å². The molecule has 120 valence electrons. The maximum absolute atomic E-state index is 13.7. The Morgan fingerprint density at radius 2 is 2.08 bits per heavy atom. The predicted molar refractivity (Wildman–Crippen MR) is 87.9 cm³/mol. The first kappa shape index (κ1) is 14.8. The molecule has 0 aromatic heterocycles. The number of aliphatic imine (C=N–C) groups is 1. The number of nitrogens with zero attached hydrogens (tertiary/aromatic N) is 1. The third kappa shape index (κ3) is 2.42. The van der Waals surface area contributed by atoms with Gasteiger partial charge in [-0.3, -0.25) is 9.59 Å². The van der Waals surface area contributed by atoms with Crippen molar-refractivity contribution in [1.82, 2.24) is 5.32 Å². The van der Waals surface area contributed by atoms with Gasteiger partial charge in [0.25, 0.3) is 11.8 Å². The highest BCUT2D eigenvalue weighted by Crippen LogP contribution is 2.39. The molecule has 1 unspecified atom stereocenters. The Hall–Kier alpha value is -2.82. The molecule has 1 aliphatic heterocycles. The number of nitrogens with one attached hydrogen (secondary N) is 1. The topological polar surface area (TPSA) is 58.5 Å². The Morgan fingerprint density at radius 3 is 2.92 bits per heavy atom. The fraction of sp³-hybridized carbons (Fsp3) is 0.211. The van der Waals surface area contributed by atoms with E-state index in [0.717, 1.165) is 30.5 Å². The molecule has 24 heavy (non-hydrogen) atoms. The Balaban J connectivity index is 1.64. The fourth-order valence-corrected chi connectivity index (χ4v) is 3.47. The number of hydrogen-bond donors (Lipinski definition) is 1. The standard InChI is InChI=1S/C19H15FN2O2/c20-16-7-2-1-4-15(16)19(24)21-11-8-9-13-12-5-3-6-14(12)18(23)22-17(13)10-11/h1-2,4,7-10,13H,3,5-6H2,(H,22,23). The van der Waals surface area contributed by atoms with Crippen LogP contribution in [-0.2, 0) is 4.79 Å². The molecule has 2 aliphatic carbocycles. The van der Waals surface area contributed by atoms with Crippen molar-refractivity contribution in [2.24, 2.45) is 10.9 Å². The van der Waals surface area contributed by atoms with Gasteiger partial charge in [0.15, 0.2) is 0 Å². The number of rotatable bonds is 1. The van der Waals surface area contributed by atoms with E-state index in [4.69, 9.17) is 0 Å². The van der Waals surface area contributed by atoms with E-state index in [0.29, 0.717) is 5.71 Å². The van der Waals surface area contributed by atoms with Gasteiger partial charge in [-0.1, -0.05) is 18.2 Å². The van der Waals surface area contributed by atoms with E-state index in [1.54, 1.807) is 18.2 Å². The number of carbonyl (C=O) groups excluding carboxylic acids is 2. The number of amides is 2. The summed E-state index contributed by atoms with van der Waals surface area (Å²) in [6, 6.07) is 5.75. The van der Waals surface area contributed by atoms with Crippen molar-refractivity contribution in [2.45, 2.75) is 19.3 Å². The molecule has 1 aromatic carbocycles. The molecule has 3 aliphatic rings. The van der Waals surface area contributed by atoms with E-state index in [1.807, 2.05) is 6.08 Å². The van der Waals surface area contributed by atoms with E-state index in [2.05, 4.69) is 10.3 Å². The third-order valence-electron chi connectivity index (χ3n) is 4.60. The molecule has 0 radical (unpaired) electrons. The monoisotopic (exact) mass is 322 g/mol. The number of halogens is 1. The molecular weight excluding hydrogens is 307 g/mol. The lowest BCUT2D eigenvalue weighted by atomic mass is 9.85. The Kier molecular flexibility index (Phi) is 3.49. The SMILES string of the molecule is O=C1NC2=CC(=NC(=O)c3ccccc3F)C=CC2C2=C1CCC2. The Bertz CT molecular complexity index is 877. The van der Waals surface area contributed by atoms with Crippen LogP contribution < -0.4 is 5.32 Å². The summed E-state index contributed by atoms with van der Waals surface area (Å²) in [4.78, 5) is 28.3. The molecule has 1 N–H and O–H groups in total. The minimum absolute atomic E-state index is 0.0555. The molecule has 4 rings (SSSR count). The van der Waals surface area contributed by atoms with Crippen LogP contribution in [0.4, 0.5) is 4.39 Å². The minimum atomic E-state index is -0.633. The van der Waals surface area contributed by atoms with Crippen molar-refractivity contribution in [3.63, 3.8) is 0 Å². The van der Waals surface area contributed by atoms with Crippen LogP contribution in [0.25, 0.3) is 0 Å². The highest BCUT2D eigenvalue weighted by atomic mass is 19.1. The van der Waals surface area contributed by atoms with E-state index < -0.39 is 11.7 Å². The lowest BCUT2D eigenvalue weighted by Gasteiger charge is -2.28. The second kappa shape index (κ2) is 5.67. The number of allylic oxidation sites excluding steroid dienone is 3. The van der Waals surface area contributed by atoms with Crippen LogP contribution in [0.1, 0.15) is 29.6 Å². The largest absolute Gasteiger partial charge is 0.325 e. The van der Waals surface area contributed by atoms with Gasteiger partial charge in [0, 0.05) is 17.2 Å². The summed E-state index contributed by atoms with van der Waals surface area (Å²) in [5.74, 6) is -1.22. The van der Waals surface area contributed by atoms with Crippen molar-refractivity contribution in [1.29, 1.82) is 0 Å². The van der Waals surface area contributed by atoms with Gasteiger partial charge < -0.3 is 5.32 Å². The molecule has 2 amide bonds. The first-order valence-corrected chi connectivity index (χ1v) is 7.94. The summed E-state index contributed by atoms with van der Waals surface area (Å²) >= 11 is 0. The average molecular weight is 322 g/mol. The lowest BCUT2D eigenvalue weighted by molar-refractivity contribution is -0.117. The highest BCUT2D eigenvalue weighted by Gasteiger charge is 2.34.